The lowest BCUT2D eigenvalue weighted by Gasteiger charge is -2.29. The van der Waals surface area contributed by atoms with Crippen molar-refractivity contribution >= 4 is 17.6 Å². The maximum absolute atomic E-state index is 12.7. The third-order valence-corrected chi connectivity index (χ3v) is 6.52. The summed E-state index contributed by atoms with van der Waals surface area (Å²) < 4.78 is 5.81. The molecule has 1 saturated heterocycles. The van der Waals surface area contributed by atoms with E-state index in [1.165, 1.54) is 0 Å². The number of ether oxygens (including phenoxy) is 1. The monoisotopic (exact) mass is 487 g/mol. The van der Waals surface area contributed by atoms with Crippen LogP contribution < -0.4 is 15.4 Å². The van der Waals surface area contributed by atoms with Crippen LogP contribution in [0.1, 0.15) is 35.2 Å². The number of nitrogens with zero attached hydrogens (tertiary/aromatic N) is 1. The minimum absolute atomic E-state index is 0.0488. The molecule has 7 heteroatoms. The Hall–Kier alpha value is -3.68. The summed E-state index contributed by atoms with van der Waals surface area (Å²) in [6.45, 7) is 1.25. The highest BCUT2D eigenvalue weighted by molar-refractivity contribution is 5.92. The minimum Gasteiger partial charge on any atom is -0.478 e. The lowest BCUT2D eigenvalue weighted by molar-refractivity contribution is -0.117. The molecule has 1 aliphatic rings. The van der Waals surface area contributed by atoms with Gasteiger partial charge in [-0.05, 0) is 93.4 Å². The molecule has 3 N–H and O–H groups in total. The molecule has 3 aromatic carbocycles. The second-order valence-electron chi connectivity index (χ2n) is 9.29. The Balaban J connectivity index is 1.27. The molecule has 4 rings (SSSR count). The third kappa shape index (κ3) is 7.41. The molecule has 0 saturated carbocycles. The molecule has 1 fully saturated rings. The summed E-state index contributed by atoms with van der Waals surface area (Å²) in [5, 5.41) is 15.7. The van der Waals surface area contributed by atoms with Crippen LogP contribution in [0.25, 0.3) is 0 Å². The first kappa shape index (κ1) is 25.4. The molecule has 0 aromatic heterocycles. The van der Waals surface area contributed by atoms with Crippen LogP contribution in [0, 0.1) is 0 Å². The Morgan fingerprint density at radius 3 is 2.39 bits per heavy atom. The zero-order chi connectivity index (χ0) is 25.3. The van der Waals surface area contributed by atoms with Crippen LogP contribution in [0.4, 0.5) is 5.69 Å². The van der Waals surface area contributed by atoms with E-state index in [4.69, 9.17) is 9.84 Å². The van der Waals surface area contributed by atoms with E-state index in [0.717, 1.165) is 49.2 Å². The van der Waals surface area contributed by atoms with Gasteiger partial charge in [-0.25, -0.2) is 4.79 Å². The highest BCUT2D eigenvalue weighted by Gasteiger charge is 2.24. The van der Waals surface area contributed by atoms with Crippen molar-refractivity contribution in [3.05, 3.63) is 90.0 Å². The zero-order valence-electron chi connectivity index (χ0n) is 20.5. The first-order chi connectivity index (χ1) is 17.5. The van der Waals surface area contributed by atoms with Crippen molar-refractivity contribution < 1.29 is 19.4 Å². The van der Waals surface area contributed by atoms with E-state index in [0.29, 0.717) is 17.9 Å². The summed E-state index contributed by atoms with van der Waals surface area (Å²) in [6, 6.07) is 24.6. The molecule has 7 nitrogen and oxygen atoms in total. The number of rotatable bonds is 9. The standard InChI is InChI=1S/C29H33N3O4/c1-32(20-28(33)31-23-13-15-27(16-14-23)36-26-7-3-2-4-8-26)25-6-5-17-30-24(19-25)18-21-9-11-22(12-10-21)29(34)35/h2-4,7-16,24-25,30H,5-6,17-20H2,1H3,(H,31,33)(H,34,35). The molecule has 2 unspecified atom stereocenters. The predicted molar refractivity (Wildman–Crippen MR) is 141 cm³/mol. The van der Waals surface area contributed by atoms with Gasteiger partial charge in [-0.15, -0.1) is 0 Å². The first-order valence-corrected chi connectivity index (χ1v) is 12.3. The number of likely N-dealkylation sites (N-methyl/N-ethyl adjacent to an activating group) is 1. The molecule has 1 heterocycles. The van der Waals surface area contributed by atoms with E-state index in [1.54, 1.807) is 12.1 Å². The molecule has 3 aromatic rings. The van der Waals surface area contributed by atoms with Crippen LogP contribution in [-0.4, -0.2) is 54.1 Å². The average Bonchev–Trinajstić information content (AvgIpc) is 3.12. The number of carbonyl (C=O) groups excluding carboxylic acids is 1. The van der Waals surface area contributed by atoms with E-state index in [2.05, 4.69) is 15.5 Å². The molecule has 0 spiro atoms. The number of aromatic carboxylic acids is 1. The molecule has 36 heavy (non-hydrogen) atoms. The van der Waals surface area contributed by atoms with Gasteiger partial charge in [-0.2, -0.15) is 0 Å². The molecule has 2 atom stereocenters. The van der Waals surface area contributed by atoms with E-state index in [-0.39, 0.29) is 18.0 Å². The van der Waals surface area contributed by atoms with Gasteiger partial charge in [0.05, 0.1) is 12.1 Å². The smallest absolute Gasteiger partial charge is 0.335 e. The number of hydrogen-bond acceptors (Lipinski definition) is 5. The van der Waals surface area contributed by atoms with Gasteiger partial charge >= 0.3 is 5.97 Å². The molecule has 188 valence electrons. The van der Waals surface area contributed by atoms with E-state index < -0.39 is 5.97 Å². The molecule has 1 amide bonds. The van der Waals surface area contributed by atoms with Gasteiger partial charge in [0, 0.05) is 17.8 Å². The maximum Gasteiger partial charge on any atom is 0.335 e. The van der Waals surface area contributed by atoms with Crippen LogP contribution in [0.15, 0.2) is 78.9 Å². The molecule has 1 aliphatic heterocycles. The second-order valence-corrected chi connectivity index (χ2v) is 9.29. The summed E-state index contributed by atoms with van der Waals surface area (Å²) in [5.41, 5.74) is 2.15. The Kier molecular flexibility index (Phi) is 8.71. The van der Waals surface area contributed by atoms with Crippen LogP contribution in [0.3, 0.4) is 0 Å². The topological polar surface area (TPSA) is 90.9 Å². The number of benzene rings is 3. The lowest BCUT2D eigenvalue weighted by Crippen LogP contribution is -2.41. The third-order valence-electron chi connectivity index (χ3n) is 6.52. The number of hydrogen-bond donors (Lipinski definition) is 3. The van der Waals surface area contributed by atoms with Crippen molar-refractivity contribution in [1.82, 2.24) is 10.2 Å². The van der Waals surface area contributed by atoms with Crippen LogP contribution in [0.5, 0.6) is 11.5 Å². The summed E-state index contributed by atoms with van der Waals surface area (Å²) in [6.07, 6.45) is 3.83. The molecule has 0 bridgehead atoms. The van der Waals surface area contributed by atoms with Gasteiger partial charge in [0.2, 0.25) is 5.91 Å². The largest absolute Gasteiger partial charge is 0.478 e. The Labute approximate surface area is 212 Å². The number of carboxylic acids is 1. The number of nitrogens with one attached hydrogen (secondary N) is 2. The molecular formula is C29H33N3O4. The highest BCUT2D eigenvalue weighted by Crippen LogP contribution is 2.23. The van der Waals surface area contributed by atoms with Crippen LogP contribution >= 0.6 is 0 Å². The fourth-order valence-corrected chi connectivity index (χ4v) is 4.58. The van der Waals surface area contributed by atoms with Gasteiger partial charge in [-0.3, -0.25) is 9.69 Å². The summed E-state index contributed by atoms with van der Waals surface area (Å²) >= 11 is 0. The van der Waals surface area contributed by atoms with Crippen molar-refractivity contribution in [2.45, 2.75) is 37.8 Å². The predicted octanol–water partition coefficient (Wildman–Crippen LogP) is 4.80. The van der Waals surface area contributed by atoms with Gasteiger partial charge in [0.15, 0.2) is 0 Å². The number of anilines is 1. The van der Waals surface area contributed by atoms with Crippen molar-refractivity contribution in [3.63, 3.8) is 0 Å². The fourth-order valence-electron chi connectivity index (χ4n) is 4.58. The van der Waals surface area contributed by atoms with Gasteiger partial charge in [0.25, 0.3) is 0 Å². The van der Waals surface area contributed by atoms with Crippen molar-refractivity contribution in [1.29, 1.82) is 0 Å². The summed E-state index contributed by atoms with van der Waals surface area (Å²) in [5.74, 6) is 0.521. The number of amides is 1. The molecule has 0 radical (unpaired) electrons. The van der Waals surface area contributed by atoms with Crippen molar-refractivity contribution in [3.8, 4) is 11.5 Å². The van der Waals surface area contributed by atoms with E-state index in [9.17, 15) is 9.59 Å². The number of para-hydroxylation sites is 1. The van der Waals surface area contributed by atoms with Gasteiger partial charge < -0.3 is 20.5 Å². The normalized spacial score (nSPS) is 17.8. The molecular weight excluding hydrogens is 454 g/mol. The number of carboxylic acid groups (broad SMARTS) is 1. The van der Waals surface area contributed by atoms with Crippen molar-refractivity contribution in [2.24, 2.45) is 0 Å². The molecule has 0 aliphatic carbocycles. The van der Waals surface area contributed by atoms with E-state index in [1.807, 2.05) is 73.8 Å². The zero-order valence-corrected chi connectivity index (χ0v) is 20.5. The second kappa shape index (κ2) is 12.3. The van der Waals surface area contributed by atoms with Gasteiger partial charge in [0.1, 0.15) is 11.5 Å². The average molecular weight is 488 g/mol. The van der Waals surface area contributed by atoms with Crippen LogP contribution in [-0.2, 0) is 11.2 Å². The summed E-state index contributed by atoms with van der Waals surface area (Å²) in [4.78, 5) is 26.0. The Bertz CT molecular complexity index is 1130. The van der Waals surface area contributed by atoms with Crippen molar-refractivity contribution in [2.75, 3.05) is 25.5 Å². The minimum atomic E-state index is -0.912. The SMILES string of the molecule is CN(CC(=O)Nc1ccc(Oc2ccccc2)cc1)C1CCCNC(Cc2ccc(C(=O)O)cc2)C1. The number of carbonyl (C=O) groups is 2. The van der Waals surface area contributed by atoms with Gasteiger partial charge in [-0.1, -0.05) is 30.3 Å². The summed E-state index contributed by atoms with van der Waals surface area (Å²) in [7, 11) is 2.01. The fraction of sp³-hybridized carbons (Fsp3) is 0.310. The highest BCUT2D eigenvalue weighted by atomic mass is 16.5. The maximum atomic E-state index is 12.7. The Morgan fingerprint density at radius 1 is 1.00 bits per heavy atom. The first-order valence-electron chi connectivity index (χ1n) is 12.3. The van der Waals surface area contributed by atoms with Crippen LogP contribution in [0.2, 0.25) is 0 Å². The lowest BCUT2D eigenvalue weighted by atomic mass is 9.97. The Morgan fingerprint density at radius 2 is 1.69 bits per heavy atom. The quantitative estimate of drug-likeness (QED) is 0.402. The van der Waals surface area contributed by atoms with E-state index >= 15 is 0 Å².